The number of methoxy groups -OCH3 is 1. The van der Waals surface area contributed by atoms with E-state index < -0.39 is 15.0 Å². The average molecular weight is 428 g/mol. The Morgan fingerprint density at radius 3 is 2.61 bits per heavy atom. The fourth-order valence-electron chi connectivity index (χ4n) is 1.95. The Balaban J connectivity index is 2.61. The molecule has 1 aromatic carbocycles. The van der Waals surface area contributed by atoms with Gasteiger partial charge >= 0.3 is 0 Å². The molecule has 1 aromatic heterocycles. The van der Waals surface area contributed by atoms with Crippen LogP contribution in [0.5, 0.6) is 5.88 Å². The number of azo groups is 1. The Kier molecular flexibility index (Phi) is 6.69. The van der Waals surface area contributed by atoms with Crippen LogP contribution in [0.4, 0.5) is 22.9 Å². The summed E-state index contributed by atoms with van der Waals surface area (Å²) in [6, 6.07) is 5.19. The average Bonchev–Trinajstić information content (AvgIpc) is 2.64. The van der Waals surface area contributed by atoms with E-state index in [1.54, 1.807) is 6.07 Å². The fourth-order valence-corrected chi connectivity index (χ4v) is 2.95. The summed E-state index contributed by atoms with van der Waals surface area (Å²) in [5.74, 6) is -0.345. The molecule has 0 saturated heterocycles. The van der Waals surface area contributed by atoms with Crippen LogP contribution in [0.3, 0.4) is 0 Å². The maximum Gasteiger partial charge on any atom is 0.296 e. The fraction of sp³-hybridized carbons (Fsp3) is 0.0769. The van der Waals surface area contributed by atoms with Crippen molar-refractivity contribution in [2.45, 2.75) is 9.79 Å². The van der Waals surface area contributed by atoms with Crippen LogP contribution in [0.15, 0.2) is 38.2 Å². The second-order valence-corrected chi connectivity index (χ2v) is 6.95. The molecule has 0 radical (unpaired) electrons. The monoisotopic (exact) mass is 428 g/mol. The van der Waals surface area contributed by atoms with Crippen molar-refractivity contribution >= 4 is 45.0 Å². The molecular weight excluding hydrogens is 416 g/mol. The summed E-state index contributed by atoms with van der Waals surface area (Å²) in [5, 5.41) is 28.3. The molecule has 0 fully saturated rings. The van der Waals surface area contributed by atoms with Gasteiger partial charge in [0.15, 0.2) is 5.69 Å². The summed E-state index contributed by atoms with van der Waals surface area (Å²) in [4.78, 5) is 3.49. The summed E-state index contributed by atoms with van der Waals surface area (Å²) in [5.41, 5.74) is 10.6. The second-order valence-electron chi connectivity index (χ2n) is 4.79. The van der Waals surface area contributed by atoms with Gasteiger partial charge < -0.3 is 16.2 Å². The number of hydrogen-bond donors (Lipinski definition) is 4. The van der Waals surface area contributed by atoms with Crippen molar-refractivity contribution in [1.29, 1.82) is 5.26 Å². The number of anilines is 2. The first-order valence-electron chi connectivity index (χ1n) is 6.94. The third-order valence-corrected chi connectivity index (χ3v) is 4.61. The predicted octanol–water partition coefficient (Wildman–Crippen LogP) is 2.22. The molecule has 0 atom stereocenters. The molecule has 13 nitrogen and oxygen atoms in total. The summed E-state index contributed by atoms with van der Waals surface area (Å²) < 4.78 is 41.7. The lowest BCUT2D eigenvalue weighted by Gasteiger charge is -2.09. The lowest BCUT2D eigenvalue weighted by atomic mass is 10.2. The molecule has 1 heterocycles. The molecule has 0 bridgehead atoms. The highest BCUT2D eigenvalue weighted by Crippen LogP contribution is 2.39. The van der Waals surface area contributed by atoms with Crippen molar-refractivity contribution in [3.05, 3.63) is 23.8 Å². The molecule has 148 valence electrons. The summed E-state index contributed by atoms with van der Waals surface area (Å²) >= 11 is 0.523. The molecule has 0 amide bonds. The van der Waals surface area contributed by atoms with Crippen LogP contribution in [0.2, 0.25) is 0 Å². The van der Waals surface area contributed by atoms with Crippen molar-refractivity contribution in [2.75, 3.05) is 18.6 Å². The highest BCUT2D eigenvalue weighted by Gasteiger charge is 2.19. The molecule has 0 unspecified atom stereocenters. The maximum absolute atomic E-state index is 11.6. The molecular formula is C13H12N6O7S2. The van der Waals surface area contributed by atoms with E-state index in [2.05, 4.69) is 24.6 Å². The minimum absolute atomic E-state index is 0.159. The van der Waals surface area contributed by atoms with Crippen molar-refractivity contribution in [3.63, 3.8) is 0 Å². The number of nitrogens with two attached hydrogens (primary N) is 2. The molecule has 2 aromatic rings. The van der Waals surface area contributed by atoms with E-state index in [0.717, 1.165) is 12.1 Å². The van der Waals surface area contributed by atoms with Crippen LogP contribution in [0.25, 0.3) is 0 Å². The highest BCUT2D eigenvalue weighted by molar-refractivity contribution is 7.94. The maximum atomic E-state index is 11.6. The Bertz CT molecular complexity index is 1070. The van der Waals surface area contributed by atoms with Crippen LogP contribution in [-0.2, 0) is 19.5 Å². The van der Waals surface area contributed by atoms with Gasteiger partial charge in [-0.05, 0) is 18.2 Å². The van der Waals surface area contributed by atoms with E-state index in [1.807, 2.05) is 0 Å². The van der Waals surface area contributed by atoms with Crippen molar-refractivity contribution in [2.24, 2.45) is 10.2 Å². The third kappa shape index (κ3) is 4.64. The smallest absolute Gasteiger partial charge is 0.296 e. The number of rotatable bonds is 7. The molecule has 6 N–H and O–H groups in total. The minimum atomic E-state index is -4.66. The van der Waals surface area contributed by atoms with Crippen LogP contribution in [0, 0.1) is 11.3 Å². The van der Waals surface area contributed by atoms with E-state index in [-0.39, 0.29) is 39.2 Å². The Morgan fingerprint density at radius 2 is 2.04 bits per heavy atom. The van der Waals surface area contributed by atoms with Gasteiger partial charge in [-0.15, -0.1) is 14.6 Å². The van der Waals surface area contributed by atoms with Crippen LogP contribution in [-0.4, -0.2) is 30.3 Å². The van der Waals surface area contributed by atoms with Gasteiger partial charge in [-0.1, -0.05) is 5.04 Å². The quantitative estimate of drug-likeness (QED) is 0.164. The molecule has 28 heavy (non-hydrogen) atoms. The third-order valence-electron chi connectivity index (χ3n) is 3.14. The lowest BCUT2D eigenvalue weighted by Crippen LogP contribution is -2.03. The van der Waals surface area contributed by atoms with E-state index in [1.165, 1.54) is 13.2 Å². The predicted molar refractivity (Wildman–Crippen MR) is 95.4 cm³/mol. The number of ether oxygens (including phenoxy) is 1. The van der Waals surface area contributed by atoms with Crippen LogP contribution < -0.4 is 16.2 Å². The molecule has 2 rings (SSSR count). The Hall–Kier alpha value is -3.00. The molecule has 0 saturated carbocycles. The lowest BCUT2D eigenvalue weighted by molar-refractivity contribution is -0.432. The van der Waals surface area contributed by atoms with E-state index >= 15 is 0 Å². The zero-order chi connectivity index (χ0) is 20.9. The number of nitrogen functional groups attached to an aromatic ring is 2. The van der Waals surface area contributed by atoms with Crippen molar-refractivity contribution in [1.82, 2.24) is 4.98 Å². The van der Waals surface area contributed by atoms with Crippen LogP contribution >= 0.6 is 12.0 Å². The second kappa shape index (κ2) is 8.79. The van der Waals surface area contributed by atoms with E-state index in [0.29, 0.717) is 12.0 Å². The Labute approximate surface area is 162 Å². The molecule has 0 aliphatic carbocycles. The van der Waals surface area contributed by atoms with Gasteiger partial charge in [0.05, 0.1) is 24.8 Å². The summed E-state index contributed by atoms with van der Waals surface area (Å²) in [6.07, 6.45) is 0. The largest absolute Gasteiger partial charge is 0.479 e. The first-order chi connectivity index (χ1) is 13.2. The van der Waals surface area contributed by atoms with E-state index in [4.69, 9.17) is 26.7 Å². The highest BCUT2D eigenvalue weighted by atomic mass is 32.2. The number of benzene rings is 1. The standard InChI is InChI=1S/C13H12N6O7S2/c1-24-13-11(10(15)7(5-14)12(16)17-13)19-18-8-4-6(27-26-25-20)2-3-9(8)28(21,22)23/h2-4,20H,1H3,(H4,15,16,17)(H,21,22,23). The first-order valence-corrected chi connectivity index (χ1v) is 9.12. The van der Waals surface area contributed by atoms with Gasteiger partial charge in [-0.25, -0.2) is 5.26 Å². The zero-order valence-electron chi connectivity index (χ0n) is 13.9. The minimum Gasteiger partial charge on any atom is -0.479 e. The first kappa shape index (κ1) is 21.3. The molecule has 0 aliphatic heterocycles. The number of nitriles is 1. The van der Waals surface area contributed by atoms with Gasteiger partial charge in [0.1, 0.15) is 28.0 Å². The number of aromatic nitrogens is 1. The van der Waals surface area contributed by atoms with Gasteiger partial charge in [0, 0.05) is 4.90 Å². The van der Waals surface area contributed by atoms with Gasteiger partial charge in [0.25, 0.3) is 10.1 Å². The normalized spacial score (nSPS) is 11.5. The molecule has 15 heteroatoms. The summed E-state index contributed by atoms with van der Waals surface area (Å²) in [7, 11) is -3.41. The Morgan fingerprint density at radius 1 is 1.32 bits per heavy atom. The summed E-state index contributed by atoms with van der Waals surface area (Å²) in [6.45, 7) is 0. The van der Waals surface area contributed by atoms with Gasteiger partial charge in [0.2, 0.25) is 5.88 Å². The van der Waals surface area contributed by atoms with Gasteiger partial charge in [-0.2, -0.15) is 18.7 Å². The molecule has 0 aliphatic rings. The number of hydrogen-bond acceptors (Lipinski definition) is 13. The zero-order valence-corrected chi connectivity index (χ0v) is 15.6. The SMILES string of the molecule is COc1nc(N)c(C#N)c(N)c1N=Nc1cc(SOOO)ccc1S(=O)(=O)O. The number of nitrogens with zero attached hydrogens (tertiary/aromatic N) is 4. The number of pyridine rings is 1. The van der Waals surface area contributed by atoms with E-state index in [9.17, 15) is 13.0 Å². The van der Waals surface area contributed by atoms with Crippen molar-refractivity contribution in [3.8, 4) is 11.9 Å². The van der Waals surface area contributed by atoms with Crippen LogP contribution in [0.1, 0.15) is 5.56 Å². The van der Waals surface area contributed by atoms with Crippen molar-refractivity contribution < 1.29 is 32.3 Å². The topological polar surface area (TPSA) is 216 Å². The van der Waals surface area contributed by atoms with Gasteiger partial charge in [-0.3, -0.25) is 4.55 Å². The molecule has 0 spiro atoms.